The lowest BCUT2D eigenvalue weighted by molar-refractivity contribution is -0.146. The number of thioether (sulfide) groups is 1. The number of rotatable bonds is 11. The van der Waals surface area contributed by atoms with Gasteiger partial charge >= 0.3 is 12.1 Å². The molecular weight excluding hydrogens is 532 g/mol. The first kappa shape index (κ1) is 29.1. The van der Waals surface area contributed by atoms with Gasteiger partial charge in [-0.25, -0.2) is 4.39 Å². The largest absolute Gasteiger partial charge is 0.497 e. The van der Waals surface area contributed by atoms with Crippen molar-refractivity contribution in [2.24, 2.45) is 11.8 Å². The number of piperidine rings is 1. The van der Waals surface area contributed by atoms with Crippen LogP contribution in [-0.2, 0) is 11.0 Å². The molecule has 0 unspecified atom stereocenters. The van der Waals surface area contributed by atoms with E-state index < -0.39 is 29.8 Å². The number of halogens is 4. The Morgan fingerprint density at radius 1 is 1.21 bits per heavy atom. The summed E-state index contributed by atoms with van der Waals surface area (Å²) < 4.78 is 58.8. The number of carbonyl (C=O) groups is 1. The minimum Gasteiger partial charge on any atom is -0.497 e. The van der Waals surface area contributed by atoms with Crippen molar-refractivity contribution in [3.63, 3.8) is 0 Å². The van der Waals surface area contributed by atoms with Gasteiger partial charge in [-0.05, 0) is 105 Å². The van der Waals surface area contributed by atoms with Crippen LogP contribution in [0.15, 0.2) is 59.6 Å². The van der Waals surface area contributed by atoms with Crippen molar-refractivity contribution in [2.75, 3.05) is 32.5 Å². The molecule has 0 saturated carbocycles. The van der Waals surface area contributed by atoms with Crippen LogP contribution in [0.4, 0.5) is 17.6 Å². The Kier molecular flexibility index (Phi) is 9.71. The van der Waals surface area contributed by atoms with Crippen molar-refractivity contribution < 1.29 is 32.2 Å². The zero-order valence-electron chi connectivity index (χ0n) is 21.7. The Morgan fingerprint density at radius 2 is 1.97 bits per heavy atom. The Labute approximate surface area is 229 Å². The van der Waals surface area contributed by atoms with Gasteiger partial charge in [0, 0.05) is 23.0 Å². The van der Waals surface area contributed by atoms with Gasteiger partial charge in [0.25, 0.3) is 0 Å². The first-order valence-corrected chi connectivity index (χ1v) is 14.0. The number of aliphatic carboxylic acids is 1. The molecule has 10 heteroatoms. The molecule has 1 aliphatic heterocycles. The van der Waals surface area contributed by atoms with E-state index in [2.05, 4.69) is 9.88 Å². The number of methoxy groups -OCH3 is 1. The second-order valence-electron chi connectivity index (χ2n) is 9.85. The van der Waals surface area contributed by atoms with Gasteiger partial charge in [-0.15, -0.1) is 11.8 Å². The quantitative estimate of drug-likeness (QED) is 0.150. The molecule has 0 bridgehead atoms. The Morgan fingerprint density at radius 3 is 2.67 bits per heavy atom. The van der Waals surface area contributed by atoms with Crippen LogP contribution in [0.1, 0.15) is 43.0 Å². The summed E-state index contributed by atoms with van der Waals surface area (Å²) in [5.41, 5.74) is 0.556. The van der Waals surface area contributed by atoms with Gasteiger partial charge in [0.1, 0.15) is 11.9 Å². The summed E-state index contributed by atoms with van der Waals surface area (Å²) in [6, 6.07) is 12.1. The van der Waals surface area contributed by atoms with Gasteiger partial charge in [-0.1, -0.05) is 0 Å². The number of aromatic nitrogens is 1. The lowest BCUT2D eigenvalue weighted by Crippen LogP contribution is -2.44. The minimum absolute atomic E-state index is 0.110. The topological polar surface area (TPSA) is 62.7 Å². The van der Waals surface area contributed by atoms with Crippen molar-refractivity contribution in [1.29, 1.82) is 0 Å². The molecule has 1 aromatic heterocycles. The number of carboxylic acid groups (broad SMARTS) is 1. The molecular formula is C29H32F4N2O3S. The molecule has 0 aliphatic carbocycles. The Hall–Kier alpha value is -2.85. The number of hydrogen-bond acceptors (Lipinski definition) is 5. The van der Waals surface area contributed by atoms with Crippen molar-refractivity contribution >= 4 is 28.6 Å². The van der Waals surface area contributed by atoms with Crippen LogP contribution in [0, 0.1) is 11.8 Å². The lowest BCUT2D eigenvalue weighted by Gasteiger charge is -2.36. The average molecular weight is 565 g/mol. The van der Waals surface area contributed by atoms with E-state index >= 15 is 4.39 Å². The molecule has 4 rings (SSSR count). The van der Waals surface area contributed by atoms with Crippen molar-refractivity contribution in [3.05, 3.63) is 65.9 Å². The molecule has 39 heavy (non-hydrogen) atoms. The number of hydrogen-bond donors (Lipinski definition) is 1. The van der Waals surface area contributed by atoms with Crippen LogP contribution in [0.2, 0.25) is 0 Å². The molecule has 1 aliphatic rings. The number of pyridine rings is 1. The third kappa shape index (κ3) is 7.63. The minimum atomic E-state index is -4.34. The van der Waals surface area contributed by atoms with Gasteiger partial charge in [-0.2, -0.15) is 13.2 Å². The van der Waals surface area contributed by atoms with Crippen LogP contribution >= 0.6 is 11.8 Å². The third-order valence-electron chi connectivity index (χ3n) is 7.34. The van der Waals surface area contributed by atoms with E-state index in [1.54, 1.807) is 37.6 Å². The number of alkyl halides is 4. The van der Waals surface area contributed by atoms with Gasteiger partial charge in [0.2, 0.25) is 0 Å². The standard InChI is InChI=1S/C29H32F4N2O3S/c1-38-21-6-10-27-24(17-21)23(11-13-34-27)26(30)9-3-19-12-15-35(18-25(19)28(36)37)14-2-16-39-22-7-4-20(5-8-22)29(31,32)33/h4-8,10-11,13,17,19,25-26H,2-3,9,12,14-16,18H2,1H3,(H,36,37)/t19-,25+,26+/m1/s1. The first-order valence-electron chi connectivity index (χ1n) is 13.0. The molecule has 210 valence electrons. The van der Waals surface area contributed by atoms with Crippen LogP contribution in [0.25, 0.3) is 10.9 Å². The van der Waals surface area contributed by atoms with Crippen molar-refractivity contribution in [1.82, 2.24) is 9.88 Å². The summed E-state index contributed by atoms with van der Waals surface area (Å²) >= 11 is 1.48. The highest BCUT2D eigenvalue weighted by atomic mass is 32.2. The first-order chi connectivity index (χ1) is 18.7. The van der Waals surface area contributed by atoms with E-state index in [4.69, 9.17) is 4.74 Å². The van der Waals surface area contributed by atoms with Crippen molar-refractivity contribution in [2.45, 2.75) is 42.9 Å². The zero-order chi connectivity index (χ0) is 28.0. The van der Waals surface area contributed by atoms with Crippen LogP contribution < -0.4 is 4.74 Å². The molecule has 0 amide bonds. The Bertz CT molecular complexity index is 1260. The summed E-state index contributed by atoms with van der Waals surface area (Å²) in [5.74, 6) is -0.195. The smallest absolute Gasteiger partial charge is 0.416 e. The molecule has 2 aromatic carbocycles. The molecule has 0 radical (unpaired) electrons. The number of likely N-dealkylation sites (tertiary alicyclic amines) is 1. The highest BCUT2D eigenvalue weighted by Gasteiger charge is 2.34. The number of benzene rings is 2. The fourth-order valence-corrected chi connectivity index (χ4v) is 6.02. The van der Waals surface area contributed by atoms with E-state index in [-0.39, 0.29) is 12.3 Å². The maximum Gasteiger partial charge on any atom is 0.416 e. The molecule has 0 spiro atoms. The second-order valence-corrected chi connectivity index (χ2v) is 11.0. The predicted molar refractivity (Wildman–Crippen MR) is 144 cm³/mol. The second kappa shape index (κ2) is 13.0. The molecule has 1 fully saturated rings. The predicted octanol–water partition coefficient (Wildman–Crippen LogP) is 7.26. The third-order valence-corrected chi connectivity index (χ3v) is 8.44. The van der Waals surface area contributed by atoms with Gasteiger partial charge in [-0.3, -0.25) is 9.78 Å². The average Bonchev–Trinajstić information content (AvgIpc) is 2.93. The monoisotopic (exact) mass is 564 g/mol. The normalized spacial score (nSPS) is 19.2. The number of ether oxygens (including phenoxy) is 1. The lowest BCUT2D eigenvalue weighted by atomic mass is 9.81. The highest BCUT2D eigenvalue weighted by molar-refractivity contribution is 7.99. The molecule has 1 saturated heterocycles. The van der Waals surface area contributed by atoms with E-state index in [1.807, 2.05) is 0 Å². The van der Waals surface area contributed by atoms with Gasteiger partial charge in [0.15, 0.2) is 0 Å². The SMILES string of the molecule is COc1ccc2nccc([C@@H](F)CC[C@@H]3CCN(CCCSc4ccc(C(F)(F)F)cc4)C[C@@H]3C(=O)O)c2c1. The maximum absolute atomic E-state index is 15.4. The number of carboxylic acids is 1. The van der Waals surface area contributed by atoms with E-state index in [1.165, 1.54) is 23.9 Å². The van der Waals surface area contributed by atoms with Crippen molar-refractivity contribution in [3.8, 4) is 5.75 Å². The molecule has 3 atom stereocenters. The molecule has 5 nitrogen and oxygen atoms in total. The number of nitrogens with zero attached hydrogens (tertiary/aromatic N) is 2. The number of fused-ring (bicyclic) bond motifs is 1. The van der Waals surface area contributed by atoms with E-state index in [9.17, 15) is 23.1 Å². The van der Waals surface area contributed by atoms with E-state index in [0.29, 0.717) is 48.1 Å². The summed E-state index contributed by atoms with van der Waals surface area (Å²) in [4.78, 5) is 19.3. The van der Waals surface area contributed by atoms with Gasteiger partial charge < -0.3 is 14.7 Å². The maximum atomic E-state index is 15.4. The molecule has 2 heterocycles. The molecule has 1 N–H and O–H groups in total. The summed E-state index contributed by atoms with van der Waals surface area (Å²) in [6.45, 7) is 1.86. The summed E-state index contributed by atoms with van der Waals surface area (Å²) in [5, 5.41) is 10.6. The highest BCUT2D eigenvalue weighted by Crippen LogP contribution is 2.36. The van der Waals surface area contributed by atoms with Gasteiger partial charge in [0.05, 0.1) is 24.1 Å². The zero-order valence-corrected chi connectivity index (χ0v) is 22.5. The fraction of sp³-hybridized carbons (Fsp3) is 0.448. The summed E-state index contributed by atoms with van der Waals surface area (Å²) in [7, 11) is 1.56. The van der Waals surface area contributed by atoms with Crippen LogP contribution in [-0.4, -0.2) is 53.5 Å². The fourth-order valence-electron chi connectivity index (χ4n) is 5.18. The van der Waals surface area contributed by atoms with E-state index in [0.717, 1.165) is 35.7 Å². The van der Waals surface area contributed by atoms with Crippen LogP contribution in [0.3, 0.4) is 0 Å². The Balaban J connectivity index is 1.26. The van der Waals surface area contributed by atoms with Crippen LogP contribution in [0.5, 0.6) is 5.75 Å². The summed E-state index contributed by atoms with van der Waals surface area (Å²) in [6.07, 6.45) is -1.82. The molecule has 3 aromatic rings.